The summed E-state index contributed by atoms with van der Waals surface area (Å²) in [5.41, 5.74) is 4.47. The lowest BCUT2D eigenvalue weighted by atomic mass is 10.0. The summed E-state index contributed by atoms with van der Waals surface area (Å²) in [6.45, 7) is 3.96. The molecule has 0 spiro atoms. The van der Waals surface area contributed by atoms with Crippen LogP contribution in [0.5, 0.6) is 11.5 Å². The second-order valence-electron chi connectivity index (χ2n) is 6.78. The molecule has 3 heterocycles. The monoisotopic (exact) mass is 371 g/mol. The van der Waals surface area contributed by atoms with Crippen molar-refractivity contribution in [3.63, 3.8) is 0 Å². The average Bonchev–Trinajstić information content (AvgIpc) is 3.31. The van der Waals surface area contributed by atoms with Crippen molar-refractivity contribution in [1.82, 2.24) is 14.8 Å². The summed E-state index contributed by atoms with van der Waals surface area (Å²) in [6.07, 6.45) is 0. The first kappa shape index (κ1) is 16.5. The third-order valence-corrected chi connectivity index (χ3v) is 4.82. The van der Waals surface area contributed by atoms with Gasteiger partial charge in [0, 0.05) is 16.6 Å². The number of para-hydroxylation sites is 1. The zero-order chi connectivity index (χ0) is 19.3. The van der Waals surface area contributed by atoms with Crippen LogP contribution in [0, 0.1) is 13.8 Å². The minimum atomic E-state index is -0.175. The third-order valence-electron chi connectivity index (χ3n) is 4.82. The number of ether oxygens (including phenoxy) is 2. The molecule has 1 aliphatic heterocycles. The van der Waals surface area contributed by atoms with Crippen molar-refractivity contribution in [2.75, 3.05) is 6.79 Å². The van der Waals surface area contributed by atoms with Crippen LogP contribution in [0.3, 0.4) is 0 Å². The first-order chi connectivity index (χ1) is 13.6. The fourth-order valence-corrected chi connectivity index (χ4v) is 3.50. The van der Waals surface area contributed by atoms with E-state index in [9.17, 15) is 4.79 Å². The van der Waals surface area contributed by atoms with Gasteiger partial charge < -0.3 is 9.47 Å². The molecule has 28 heavy (non-hydrogen) atoms. The van der Waals surface area contributed by atoms with E-state index in [4.69, 9.17) is 14.5 Å². The molecule has 0 aliphatic carbocycles. The molecule has 0 N–H and O–H groups in total. The zero-order valence-corrected chi connectivity index (χ0v) is 15.5. The van der Waals surface area contributed by atoms with Gasteiger partial charge in [0.1, 0.15) is 0 Å². The van der Waals surface area contributed by atoms with E-state index in [0.29, 0.717) is 22.8 Å². The maximum atomic E-state index is 13.3. The zero-order valence-electron chi connectivity index (χ0n) is 15.5. The largest absolute Gasteiger partial charge is 0.454 e. The molecular formula is C22H17N3O3. The van der Waals surface area contributed by atoms with Crippen LogP contribution in [0.1, 0.15) is 21.7 Å². The van der Waals surface area contributed by atoms with Crippen LogP contribution < -0.4 is 9.47 Å². The highest BCUT2D eigenvalue weighted by Crippen LogP contribution is 2.36. The Morgan fingerprint density at radius 1 is 1.00 bits per heavy atom. The van der Waals surface area contributed by atoms with Gasteiger partial charge >= 0.3 is 0 Å². The van der Waals surface area contributed by atoms with Gasteiger partial charge in [0.15, 0.2) is 11.5 Å². The Morgan fingerprint density at radius 3 is 2.64 bits per heavy atom. The molecule has 138 valence electrons. The lowest BCUT2D eigenvalue weighted by Gasteiger charge is -2.10. The number of nitrogens with zero attached hydrogens (tertiary/aromatic N) is 3. The Labute approximate surface area is 161 Å². The van der Waals surface area contributed by atoms with Crippen molar-refractivity contribution < 1.29 is 14.3 Å². The second-order valence-corrected chi connectivity index (χ2v) is 6.78. The van der Waals surface area contributed by atoms with Gasteiger partial charge in [-0.25, -0.2) is 9.67 Å². The van der Waals surface area contributed by atoms with E-state index < -0.39 is 0 Å². The van der Waals surface area contributed by atoms with E-state index in [-0.39, 0.29) is 12.7 Å². The van der Waals surface area contributed by atoms with Crippen LogP contribution in [0.15, 0.2) is 54.6 Å². The average molecular weight is 371 g/mol. The van der Waals surface area contributed by atoms with Gasteiger partial charge in [0.05, 0.1) is 22.5 Å². The number of rotatable bonds is 2. The Balaban J connectivity index is 1.70. The van der Waals surface area contributed by atoms with E-state index in [1.54, 1.807) is 0 Å². The number of carbonyl (C=O) groups excluding carboxylic acids is 1. The molecular weight excluding hydrogens is 354 g/mol. The molecule has 6 nitrogen and oxygen atoms in total. The van der Waals surface area contributed by atoms with Gasteiger partial charge in [-0.3, -0.25) is 4.79 Å². The molecule has 0 bridgehead atoms. The highest BCUT2D eigenvalue weighted by Gasteiger charge is 2.19. The molecule has 6 heteroatoms. The summed E-state index contributed by atoms with van der Waals surface area (Å²) < 4.78 is 12.3. The van der Waals surface area contributed by atoms with Crippen molar-refractivity contribution in [3.8, 4) is 22.8 Å². The van der Waals surface area contributed by atoms with Gasteiger partial charge in [-0.2, -0.15) is 5.10 Å². The molecule has 2 aromatic carbocycles. The second kappa shape index (κ2) is 6.20. The normalized spacial score (nSPS) is 12.5. The first-order valence-corrected chi connectivity index (χ1v) is 8.98. The van der Waals surface area contributed by atoms with Crippen LogP contribution in [0.4, 0.5) is 0 Å². The fraction of sp³-hybridized carbons (Fsp3) is 0.136. The van der Waals surface area contributed by atoms with Gasteiger partial charge in [-0.05, 0) is 50.2 Å². The number of fused-ring (bicyclic) bond motifs is 2. The lowest BCUT2D eigenvalue weighted by molar-refractivity contribution is 0.0944. The number of aryl methyl sites for hydroxylation is 2. The number of pyridine rings is 1. The molecule has 0 saturated carbocycles. The summed E-state index contributed by atoms with van der Waals surface area (Å²) >= 11 is 0. The standard InChI is InChI=1S/C22H17N3O3/c1-13-9-14(2)25(24-13)22(26)17-11-19(23-18-6-4-3-5-16(17)18)15-7-8-20-21(10-15)28-12-27-20/h3-11H,12H2,1-2H3. The van der Waals surface area contributed by atoms with Crippen molar-refractivity contribution in [2.45, 2.75) is 13.8 Å². The maximum Gasteiger partial charge on any atom is 0.279 e. The Hall–Kier alpha value is -3.67. The number of aromatic nitrogens is 3. The van der Waals surface area contributed by atoms with Crippen LogP contribution >= 0.6 is 0 Å². The van der Waals surface area contributed by atoms with Gasteiger partial charge in [-0.1, -0.05) is 18.2 Å². The fourth-order valence-electron chi connectivity index (χ4n) is 3.50. The molecule has 4 aromatic rings. The quantitative estimate of drug-likeness (QED) is 0.530. The molecule has 2 aromatic heterocycles. The smallest absolute Gasteiger partial charge is 0.279 e. The summed E-state index contributed by atoms with van der Waals surface area (Å²) in [5, 5.41) is 5.15. The van der Waals surface area contributed by atoms with E-state index >= 15 is 0 Å². The highest BCUT2D eigenvalue weighted by atomic mass is 16.7. The van der Waals surface area contributed by atoms with Crippen LogP contribution in [-0.4, -0.2) is 27.5 Å². The Kier molecular flexibility index (Phi) is 3.65. The minimum absolute atomic E-state index is 0.175. The summed E-state index contributed by atoms with van der Waals surface area (Å²) in [6, 6.07) is 17.0. The Morgan fingerprint density at radius 2 is 1.82 bits per heavy atom. The highest BCUT2D eigenvalue weighted by molar-refractivity contribution is 6.08. The molecule has 0 unspecified atom stereocenters. The third kappa shape index (κ3) is 2.62. The SMILES string of the molecule is Cc1cc(C)n(C(=O)c2cc(-c3ccc4c(c3)OCO4)nc3ccccc23)n1. The first-order valence-electron chi connectivity index (χ1n) is 8.98. The van der Waals surface area contributed by atoms with Crippen molar-refractivity contribution in [1.29, 1.82) is 0 Å². The predicted octanol–water partition coefficient (Wildman–Crippen LogP) is 4.13. The van der Waals surface area contributed by atoms with Gasteiger partial charge in [0.25, 0.3) is 5.91 Å². The topological polar surface area (TPSA) is 66.2 Å². The molecule has 0 fully saturated rings. The van der Waals surface area contributed by atoms with Gasteiger partial charge in [-0.15, -0.1) is 0 Å². The lowest BCUT2D eigenvalue weighted by Crippen LogP contribution is -2.16. The Bertz CT molecular complexity index is 1240. The maximum absolute atomic E-state index is 13.3. The van der Waals surface area contributed by atoms with E-state index in [1.807, 2.05) is 68.4 Å². The number of hydrogen-bond donors (Lipinski definition) is 0. The van der Waals surface area contributed by atoms with Crippen molar-refractivity contribution in [2.24, 2.45) is 0 Å². The molecule has 0 radical (unpaired) electrons. The molecule has 0 atom stereocenters. The molecule has 1 aliphatic rings. The summed E-state index contributed by atoms with van der Waals surface area (Å²) in [5.74, 6) is 1.22. The minimum Gasteiger partial charge on any atom is -0.454 e. The van der Waals surface area contributed by atoms with E-state index in [2.05, 4.69) is 5.10 Å². The molecule has 0 saturated heterocycles. The van der Waals surface area contributed by atoms with E-state index in [0.717, 1.165) is 27.9 Å². The van der Waals surface area contributed by atoms with Crippen molar-refractivity contribution in [3.05, 3.63) is 71.5 Å². The molecule has 0 amide bonds. The number of benzene rings is 2. The van der Waals surface area contributed by atoms with Crippen molar-refractivity contribution >= 4 is 16.8 Å². The predicted molar refractivity (Wildman–Crippen MR) is 105 cm³/mol. The number of hydrogen-bond acceptors (Lipinski definition) is 5. The van der Waals surface area contributed by atoms with E-state index in [1.165, 1.54) is 4.68 Å². The summed E-state index contributed by atoms with van der Waals surface area (Å²) in [7, 11) is 0. The van der Waals surface area contributed by atoms with Crippen LogP contribution in [0.2, 0.25) is 0 Å². The molecule has 5 rings (SSSR count). The number of carbonyl (C=O) groups is 1. The summed E-state index contributed by atoms with van der Waals surface area (Å²) in [4.78, 5) is 18.1. The van der Waals surface area contributed by atoms with Gasteiger partial charge in [0.2, 0.25) is 6.79 Å². The van der Waals surface area contributed by atoms with Crippen LogP contribution in [0.25, 0.3) is 22.2 Å². The van der Waals surface area contributed by atoms with Crippen LogP contribution in [-0.2, 0) is 0 Å².